The van der Waals surface area contributed by atoms with Crippen molar-refractivity contribution in [1.82, 2.24) is 5.32 Å². The standard InChI is InChI=1S/C17H18BrNO2/c1-10-3-2-4-11(7-10)14-9-19-6-5-12-13(14)8-15(20)17(21)16(12)18/h2-4,7-8,14,19-21H,5-6,9H2,1H3. The zero-order valence-electron chi connectivity index (χ0n) is 11.9. The molecule has 0 aromatic heterocycles. The van der Waals surface area contributed by atoms with E-state index in [4.69, 9.17) is 0 Å². The van der Waals surface area contributed by atoms with E-state index >= 15 is 0 Å². The molecule has 3 nitrogen and oxygen atoms in total. The molecule has 1 aliphatic heterocycles. The van der Waals surface area contributed by atoms with Crippen molar-refractivity contribution in [2.24, 2.45) is 0 Å². The lowest BCUT2D eigenvalue weighted by atomic mass is 9.87. The SMILES string of the molecule is Cc1cccc(C2CNCCc3c2cc(O)c(O)c3Br)c1. The van der Waals surface area contributed by atoms with Gasteiger partial charge in [-0.05, 0) is 58.6 Å². The van der Waals surface area contributed by atoms with Gasteiger partial charge < -0.3 is 15.5 Å². The van der Waals surface area contributed by atoms with Gasteiger partial charge in [0.05, 0.1) is 4.47 Å². The van der Waals surface area contributed by atoms with Crippen molar-refractivity contribution in [3.05, 3.63) is 57.1 Å². The topological polar surface area (TPSA) is 52.5 Å². The highest BCUT2D eigenvalue weighted by Gasteiger charge is 2.25. The third-order valence-electron chi connectivity index (χ3n) is 4.08. The van der Waals surface area contributed by atoms with Crippen LogP contribution in [0.3, 0.4) is 0 Å². The van der Waals surface area contributed by atoms with Crippen LogP contribution in [0.15, 0.2) is 34.8 Å². The van der Waals surface area contributed by atoms with Crippen molar-refractivity contribution in [1.29, 1.82) is 0 Å². The molecule has 0 amide bonds. The molecule has 0 saturated heterocycles. The first-order chi connectivity index (χ1) is 10.1. The minimum Gasteiger partial charge on any atom is -0.504 e. The van der Waals surface area contributed by atoms with Crippen LogP contribution in [0, 0.1) is 6.92 Å². The second-order valence-electron chi connectivity index (χ2n) is 5.55. The second-order valence-corrected chi connectivity index (χ2v) is 6.34. The molecule has 4 heteroatoms. The fraction of sp³-hybridized carbons (Fsp3) is 0.294. The molecule has 1 unspecified atom stereocenters. The molecule has 0 spiro atoms. The van der Waals surface area contributed by atoms with Crippen molar-refractivity contribution in [2.75, 3.05) is 13.1 Å². The van der Waals surface area contributed by atoms with Crippen molar-refractivity contribution in [3.63, 3.8) is 0 Å². The molecule has 1 aliphatic rings. The highest BCUT2D eigenvalue weighted by Crippen LogP contribution is 2.42. The van der Waals surface area contributed by atoms with Crippen LogP contribution in [0.5, 0.6) is 11.5 Å². The molecule has 1 atom stereocenters. The summed E-state index contributed by atoms with van der Waals surface area (Å²) in [4.78, 5) is 0. The van der Waals surface area contributed by atoms with Gasteiger partial charge in [0.1, 0.15) is 0 Å². The van der Waals surface area contributed by atoms with Gasteiger partial charge in [-0.1, -0.05) is 29.8 Å². The van der Waals surface area contributed by atoms with Gasteiger partial charge in [-0.3, -0.25) is 0 Å². The molecular formula is C17H18BrNO2. The third kappa shape index (κ3) is 2.65. The summed E-state index contributed by atoms with van der Waals surface area (Å²) in [6, 6.07) is 10.1. The highest BCUT2D eigenvalue weighted by molar-refractivity contribution is 9.10. The van der Waals surface area contributed by atoms with E-state index in [1.165, 1.54) is 11.1 Å². The first-order valence-electron chi connectivity index (χ1n) is 7.08. The summed E-state index contributed by atoms with van der Waals surface area (Å²) in [5.74, 6) is 0.0315. The molecule has 0 radical (unpaired) electrons. The average molecular weight is 348 g/mol. The Labute approximate surface area is 132 Å². The number of benzene rings is 2. The van der Waals surface area contributed by atoms with Crippen LogP contribution in [-0.4, -0.2) is 23.3 Å². The maximum Gasteiger partial charge on any atom is 0.172 e. The van der Waals surface area contributed by atoms with Gasteiger partial charge in [0, 0.05) is 12.5 Å². The number of aromatic hydroxyl groups is 2. The maximum atomic E-state index is 9.97. The Bertz CT molecular complexity index is 685. The molecule has 0 fully saturated rings. The minimum absolute atomic E-state index is 0.0693. The summed E-state index contributed by atoms with van der Waals surface area (Å²) < 4.78 is 0.610. The summed E-state index contributed by atoms with van der Waals surface area (Å²) in [5.41, 5.74) is 4.59. The van der Waals surface area contributed by atoms with E-state index in [1.54, 1.807) is 6.07 Å². The molecule has 2 aromatic carbocycles. The first-order valence-corrected chi connectivity index (χ1v) is 7.87. The van der Waals surface area contributed by atoms with Crippen LogP contribution in [0.25, 0.3) is 0 Å². The van der Waals surface area contributed by atoms with E-state index in [1.807, 2.05) is 0 Å². The quantitative estimate of drug-likeness (QED) is 0.692. The number of nitrogens with one attached hydrogen (secondary N) is 1. The fourth-order valence-electron chi connectivity index (χ4n) is 3.00. The Balaban J connectivity index is 2.17. The lowest BCUT2D eigenvalue weighted by Crippen LogP contribution is -2.20. The second kappa shape index (κ2) is 5.70. The van der Waals surface area contributed by atoms with E-state index in [0.29, 0.717) is 4.47 Å². The smallest absolute Gasteiger partial charge is 0.172 e. The van der Waals surface area contributed by atoms with Gasteiger partial charge >= 0.3 is 0 Å². The molecule has 2 aromatic rings. The lowest BCUT2D eigenvalue weighted by molar-refractivity contribution is 0.400. The Kier molecular flexibility index (Phi) is 3.91. The van der Waals surface area contributed by atoms with E-state index < -0.39 is 0 Å². The number of fused-ring (bicyclic) bond motifs is 1. The predicted molar refractivity (Wildman–Crippen MR) is 87.1 cm³/mol. The van der Waals surface area contributed by atoms with E-state index in [2.05, 4.69) is 52.4 Å². The number of phenols is 2. The fourth-order valence-corrected chi connectivity index (χ4v) is 3.63. The number of aryl methyl sites for hydroxylation is 1. The molecular weight excluding hydrogens is 330 g/mol. The van der Waals surface area contributed by atoms with Crippen molar-refractivity contribution >= 4 is 15.9 Å². The predicted octanol–water partition coefficient (Wildman–Crippen LogP) is 3.45. The van der Waals surface area contributed by atoms with Crippen molar-refractivity contribution in [2.45, 2.75) is 19.3 Å². The largest absolute Gasteiger partial charge is 0.504 e. The maximum absolute atomic E-state index is 9.97. The van der Waals surface area contributed by atoms with Crippen LogP contribution < -0.4 is 5.32 Å². The lowest BCUT2D eigenvalue weighted by Gasteiger charge is -2.20. The van der Waals surface area contributed by atoms with Gasteiger partial charge in [-0.25, -0.2) is 0 Å². The van der Waals surface area contributed by atoms with Crippen LogP contribution in [0.2, 0.25) is 0 Å². The van der Waals surface area contributed by atoms with E-state index in [0.717, 1.165) is 30.6 Å². The zero-order chi connectivity index (χ0) is 15.0. The zero-order valence-corrected chi connectivity index (χ0v) is 13.4. The summed E-state index contributed by atoms with van der Waals surface area (Å²) in [5, 5.41) is 23.3. The van der Waals surface area contributed by atoms with Crippen molar-refractivity contribution < 1.29 is 10.2 Å². The average Bonchev–Trinajstić information content (AvgIpc) is 2.67. The van der Waals surface area contributed by atoms with Crippen LogP contribution in [-0.2, 0) is 6.42 Å². The number of hydrogen-bond donors (Lipinski definition) is 3. The normalized spacial score (nSPS) is 18.1. The molecule has 21 heavy (non-hydrogen) atoms. The van der Waals surface area contributed by atoms with Gasteiger partial charge in [0.25, 0.3) is 0 Å². The Morgan fingerprint density at radius 1 is 1.24 bits per heavy atom. The Morgan fingerprint density at radius 3 is 2.81 bits per heavy atom. The molecule has 3 rings (SSSR count). The Hall–Kier alpha value is -1.52. The van der Waals surface area contributed by atoms with Crippen molar-refractivity contribution in [3.8, 4) is 11.5 Å². The third-order valence-corrected chi connectivity index (χ3v) is 4.93. The number of phenolic OH excluding ortho intramolecular Hbond substituents is 2. The van der Waals surface area contributed by atoms with Gasteiger partial charge in [0.2, 0.25) is 0 Å². The number of hydrogen-bond acceptors (Lipinski definition) is 3. The molecule has 0 aliphatic carbocycles. The van der Waals surface area contributed by atoms with E-state index in [-0.39, 0.29) is 17.4 Å². The summed E-state index contributed by atoms with van der Waals surface area (Å²) in [7, 11) is 0. The first kappa shape index (κ1) is 14.4. The number of halogens is 1. The number of rotatable bonds is 1. The molecule has 0 bridgehead atoms. The van der Waals surface area contributed by atoms with Crippen LogP contribution in [0.1, 0.15) is 28.2 Å². The van der Waals surface area contributed by atoms with Crippen LogP contribution >= 0.6 is 15.9 Å². The van der Waals surface area contributed by atoms with Gasteiger partial charge in [-0.2, -0.15) is 0 Å². The summed E-state index contributed by atoms with van der Waals surface area (Å²) in [6.07, 6.45) is 0.825. The van der Waals surface area contributed by atoms with Gasteiger partial charge in [0.15, 0.2) is 11.5 Å². The molecule has 3 N–H and O–H groups in total. The van der Waals surface area contributed by atoms with Gasteiger partial charge in [-0.15, -0.1) is 0 Å². The molecule has 1 heterocycles. The summed E-state index contributed by atoms with van der Waals surface area (Å²) in [6.45, 7) is 3.77. The molecule has 0 saturated carbocycles. The minimum atomic E-state index is -0.0707. The monoisotopic (exact) mass is 347 g/mol. The summed E-state index contributed by atoms with van der Waals surface area (Å²) >= 11 is 3.43. The molecule has 110 valence electrons. The Morgan fingerprint density at radius 2 is 2.05 bits per heavy atom. The van der Waals surface area contributed by atoms with Crippen LogP contribution in [0.4, 0.5) is 0 Å². The van der Waals surface area contributed by atoms with E-state index in [9.17, 15) is 10.2 Å². The highest BCUT2D eigenvalue weighted by atomic mass is 79.9.